The number of rotatable bonds is 15. The van der Waals surface area contributed by atoms with Gasteiger partial charge < -0.3 is 26.4 Å². The van der Waals surface area contributed by atoms with Crippen LogP contribution in [-0.4, -0.2) is 79.5 Å². The smallest absolute Gasteiger partial charge is 0.318 e. The largest absolute Gasteiger partial charge is 0.396 e. The number of benzene rings is 3. The molecule has 0 spiro atoms. The summed E-state index contributed by atoms with van der Waals surface area (Å²) in [5.41, 5.74) is 6.31. The SMILES string of the molecule is CC(C)CN(C(CO)CCCCNC(=O)C(Cc1ccc2ccccc2c1)NC(=O)N1CCCC1)S(=O)(=O)c1ccc(F)c(N)c1. The molecule has 2 atom stereocenters. The average Bonchev–Trinajstić information content (AvgIpc) is 3.58. The number of hydrogen-bond acceptors (Lipinski definition) is 6. The summed E-state index contributed by atoms with van der Waals surface area (Å²) >= 11 is 0. The van der Waals surface area contributed by atoms with Crippen LogP contribution in [0.2, 0.25) is 0 Å². The van der Waals surface area contributed by atoms with E-state index >= 15 is 0 Å². The van der Waals surface area contributed by atoms with Gasteiger partial charge in [-0.25, -0.2) is 17.6 Å². The first kappa shape index (κ1) is 35.1. The zero-order chi connectivity index (χ0) is 33.3. The lowest BCUT2D eigenvalue weighted by Gasteiger charge is -2.31. The summed E-state index contributed by atoms with van der Waals surface area (Å²) in [7, 11) is -4.06. The van der Waals surface area contributed by atoms with E-state index in [-0.39, 0.29) is 35.0 Å². The van der Waals surface area contributed by atoms with Gasteiger partial charge in [-0.3, -0.25) is 4.79 Å². The molecule has 5 N–H and O–H groups in total. The standard InChI is InChI=1S/C34H46FN5O5S/c1-24(2)22-40(46(44,45)29-14-15-30(35)31(36)21-29)28(23-41)11-5-6-16-37-33(42)32(38-34(43)39-17-7-8-18-39)20-25-12-13-26-9-3-4-10-27(26)19-25/h3-4,9-10,12-15,19,21,24,28,32,41H,5-8,11,16-18,20,22-23,36H2,1-2H3,(H,37,42)(H,38,43). The number of aliphatic hydroxyl groups excluding tert-OH is 1. The molecule has 250 valence electrons. The molecule has 3 amide bonds. The molecule has 1 saturated heterocycles. The molecule has 3 aromatic rings. The van der Waals surface area contributed by atoms with Gasteiger partial charge in [-0.2, -0.15) is 4.31 Å². The van der Waals surface area contributed by atoms with E-state index in [1.807, 2.05) is 56.3 Å². The van der Waals surface area contributed by atoms with Crippen LogP contribution in [-0.2, 0) is 21.2 Å². The maximum atomic E-state index is 13.7. The van der Waals surface area contributed by atoms with Crippen molar-refractivity contribution in [2.45, 2.75) is 69.4 Å². The molecule has 46 heavy (non-hydrogen) atoms. The monoisotopic (exact) mass is 655 g/mol. The fraction of sp³-hybridized carbons (Fsp3) is 0.471. The van der Waals surface area contributed by atoms with Gasteiger partial charge in [0, 0.05) is 38.6 Å². The molecule has 10 nitrogen and oxygen atoms in total. The lowest BCUT2D eigenvalue weighted by atomic mass is 10.0. The van der Waals surface area contributed by atoms with Crippen molar-refractivity contribution in [2.24, 2.45) is 5.92 Å². The second-order valence-corrected chi connectivity index (χ2v) is 14.2. The van der Waals surface area contributed by atoms with E-state index < -0.39 is 34.5 Å². The lowest BCUT2D eigenvalue weighted by Crippen LogP contribution is -2.51. The first-order valence-electron chi connectivity index (χ1n) is 16.0. The normalized spacial score (nSPS) is 15.0. The Hall–Kier alpha value is -3.74. The van der Waals surface area contributed by atoms with Crippen LogP contribution in [0, 0.1) is 11.7 Å². The number of fused-ring (bicyclic) bond motifs is 1. The Labute approximate surface area is 271 Å². The number of likely N-dealkylation sites (tertiary alicyclic amines) is 1. The molecule has 1 aliphatic heterocycles. The van der Waals surface area contributed by atoms with Crippen LogP contribution in [0.25, 0.3) is 10.8 Å². The fourth-order valence-corrected chi connectivity index (χ4v) is 7.60. The van der Waals surface area contributed by atoms with Crippen LogP contribution in [0.3, 0.4) is 0 Å². The second-order valence-electron chi connectivity index (χ2n) is 12.4. The quantitative estimate of drug-likeness (QED) is 0.142. The molecule has 1 fully saturated rings. The highest BCUT2D eigenvalue weighted by Gasteiger charge is 2.32. The second kappa shape index (κ2) is 16.2. The van der Waals surface area contributed by atoms with Crippen LogP contribution in [0.4, 0.5) is 14.9 Å². The molecule has 1 aliphatic rings. The van der Waals surface area contributed by atoms with Crippen molar-refractivity contribution in [2.75, 3.05) is 38.5 Å². The Kier molecular flexibility index (Phi) is 12.4. The van der Waals surface area contributed by atoms with Crippen molar-refractivity contribution in [3.8, 4) is 0 Å². The Bertz CT molecular complexity index is 1600. The third-order valence-corrected chi connectivity index (χ3v) is 10.2. The van der Waals surface area contributed by atoms with E-state index in [1.165, 1.54) is 10.4 Å². The first-order valence-corrected chi connectivity index (χ1v) is 17.4. The Morgan fingerprint density at radius 1 is 1.02 bits per heavy atom. The third-order valence-electron chi connectivity index (χ3n) is 8.26. The molecule has 4 rings (SSSR count). The van der Waals surface area contributed by atoms with Crippen molar-refractivity contribution in [1.29, 1.82) is 0 Å². The summed E-state index contributed by atoms with van der Waals surface area (Å²) in [6, 6.07) is 15.5. The molecule has 0 radical (unpaired) electrons. The number of aliphatic hydroxyl groups is 1. The molecule has 0 aromatic heterocycles. The van der Waals surface area contributed by atoms with Crippen molar-refractivity contribution in [3.05, 3.63) is 72.0 Å². The maximum Gasteiger partial charge on any atom is 0.318 e. The number of hydrogen-bond donors (Lipinski definition) is 4. The van der Waals surface area contributed by atoms with Gasteiger partial charge in [0.25, 0.3) is 0 Å². The van der Waals surface area contributed by atoms with Gasteiger partial charge in [0.2, 0.25) is 15.9 Å². The van der Waals surface area contributed by atoms with Crippen LogP contribution >= 0.6 is 0 Å². The summed E-state index contributed by atoms with van der Waals surface area (Å²) in [6.45, 7) is 5.17. The molecule has 0 bridgehead atoms. The van der Waals surface area contributed by atoms with Gasteiger partial charge in [-0.15, -0.1) is 0 Å². The van der Waals surface area contributed by atoms with E-state index in [4.69, 9.17) is 5.73 Å². The zero-order valence-electron chi connectivity index (χ0n) is 26.6. The molecule has 1 heterocycles. The predicted molar refractivity (Wildman–Crippen MR) is 178 cm³/mol. The van der Waals surface area contributed by atoms with E-state index in [0.717, 1.165) is 41.3 Å². The topological polar surface area (TPSA) is 145 Å². The summed E-state index contributed by atoms with van der Waals surface area (Å²) < 4.78 is 42.1. The summed E-state index contributed by atoms with van der Waals surface area (Å²) in [4.78, 5) is 27.9. The number of nitrogens with one attached hydrogen (secondary N) is 2. The Morgan fingerprint density at radius 2 is 1.74 bits per heavy atom. The average molecular weight is 656 g/mol. The number of nitrogens with zero attached hydrogens (tertiary/aromatic N) is 2. The number of halogens is 1. The molecular weight excluding hydrogens is 609 g/mol. The van der Waals surface area contributed by atoms with E-state index in [9.17, 15) is 27.5 Å². The fourth-order valence-electron chi connectivity index (χ4n) is 5.76. The van der Waals surface area contributed by atoms with Crippen molar-refractivity contribution in [1.82, 2.24) is 19.8 Å². The minimum absolute atomic E-state index is 0.0313. The number of nitrogen functional groups attached to an aromatic ring is 1. The van der Waals surface area contributed by atoms with Crippen molar-refractivity contribution >= 4 is 38.4 Å². The van der Waals surface area contributed by atoms with E-state index in [0.29, 0.717) is 45.3 Å². The van der Waals surface area contributed by atoms with Gasteiger partial charge in [0.15, 0.2) is 0 Å². The van der Waals surface area contributed by atoms with E-state index in [1.54, 1.807) is 4.90 Å². The molecule has 0 saturated carbocycles. The minimum atomic E-state index is -4.06. The van der Waals surface area contributed by atoms with E-state index in [2.05, 4.69) is 10.6 Å². The molecule has 12 heteroatoms. The van der Waals surface area contributed by atoms with Gasteiger partial charge in [0.1, 0.15) is 11.9 Å². The Morgan fingerprint density at radius 3 is 2.41 bits per heavy atom. The molecule has 2 unspecified atom stereocenters. The number of anilines is 1. The van der Waals surface area contributed by atoms with Crippen LogP contribution in [0.1, 0.15) is 51.5 Å². The van der Waals surface area contributed by atoms with Gasteiger partial charge in [-0.1, -0.05) is 62.7 Å². The zero-order valence-corrected chi connectivity index (χ0v) is 27.4. The van der Waals surface area contributed by atoms with Gasteiger partial charge >= 0.3 is 6.03 Å². The highest BCUT2D eigenvalue weighted by molar-refractivity contribution is 7.89. The number of carbonyl (C=O) groups is 2. The van der Waals surface area contributed by atoms with Gasteiger partial charge in [-0.05, 0) is 66.1 Å². The van der Waals surface area contributed by atoms with Crippen LogP contribution in [0.5, 0.6) is 0 Å². The Balaban J connectivity index is 1.37. The minimum Gasteiger partial charge on any atom is -0.396 e. The first-order chi connectivity index (χ1) is 22.0. The number of nitrogens with two attached hydrogens (primary N) is 1. The molecular formula is C34H46FN5O5S. The summed E-state index contributed by atoms with van der Waals surface area (Å²) in [5.74, 6) is -1.03. The predicted octanol–water partition coefficient (Wildman–Crippen LogP) is 4.27. The van der Waals surface area contributed by atoms with Crippen LogP contribution < -0.4 is 16.4 Å². The van der Waals surface area contributed by atoms with Crippen molar-refractivity contribution < 1.29 is 27.5 Å². The summed E-state index contributed by atoms with van der Waals surface area (Å²) in [5, 5.41) is 18.2. The number of sulfonamides is 1. The van der Waals surface area contributed by atoms with Crippen molar-refractivity contribution in [3.63, 3.8) is 0 Å². The highest BCUT2D eigenvalue weighted by atomic mass is 32.2. The number of unbranched alkanes of at least 4 members (excludes halogenated alkanes) is 1. The highest BCUT2D eigenvalue weighted by Crippen LogP contribution is 2.25. The number of amides is 3. The molecule has 3 aromatic carbocycles. The van der Waals surface area contributed by atoms with Crippen LogP contribution in [0.15, 0.2) is 65.6 Å². The summed E-state index contributed by atoms with van der Waals surface area (Å²) in [6.07, 6.45) is 3.62. The number of urea groups is 1. The lowest BCUT2D eigenvalue weighted by molar-refractivity contribution is -0.122. The van der Waals surface area contributed by atoms with Gasteiger partial charge in [0.05, 0.1) is 17.2 Å². The maximum absolute atomic E-state index is 13.7. The third kappa shape index (κ3) is 9.17. The molecule has 0 aliphatic carbocycles. The number of carbonyl (C=O) groups excluding carboxylic acids is 2.